The predicted molar refractivity (Wildman–Crippen MR) is 150 cm³/mol. The minimum Gasteiger partial charge on any atom is -0.354 e. The minimum atomic E-state index is 0.841. The molecule has 2 aliphatic rings. The second-order valence-corrected chi connectivity index (χ2v) is 9.87. The summed E-state index contributed by atoms with van der Waals surface area (Å²) in [6.45, 7) is 3.88. The number of aryl methyl sites for hydroxylation is 1. The summed E-state index contributed by atoms with van der Waals surface area (Å²) >= 11 is 0. The summed E-state index contributed by atoms with van der Waals surface area (Å²) in [4.78, 5) is 9.62. The minimum absolute atomic E-state index is 0.841. The van der Waals surface area contributed by atoms with Crippen LogP contribution in [-0.4, -0.2) is 27.4 Å². The van der Waals surface area contributed by atoms with Crippen LogP contribution >= 0.6 is 0 Å². The van der Waals surface area contributed by atoms with Crippen LogP contribution in [0.15, 0.2) is 91.0 Å². The Morgan fingerprint density at radius 2 is 1.00 bits per heavy atom. The Morgan fingerprint density at radius 3 is 1.49 bits per heavy atom. The fourth-order valence-corrected chi connectivity index (χ4v) is 5.94. The molecule has 0 saturated carbocycles. The maximum absolute atomic E-state index is 2.44. The lowest BCUT2D eigenvalue weighted by Gasteiger charge is -2.25. The van der Waals surface area contributed by atoms with Crippen molar-refractivity contribution in [2.24, 2.45) is 0 Å². The van der Waals surface area contributed by atoms with Crippen LogP contribution in [0.2, 0.25) is 0 Å². The Hall–Kier alpha value is -4.18. The average Bonchev–Trinajstić information content (AvgIpc) is 3.41. The van der Waals surface area contributed by atoms with E-state index >= 15 is 0 Å². The highest BCUT2D eigenvalue weighted by Gasteiger charge is 2.29. The second kappa shape index (κ2) is 7.41. The third-order valence-electron chi connectivity index (χ3n) is 7.48. The summed E-state index contributed by atoms with van der Waals surface area (Å²) in [6.07, 6.45) is 0. The number of rotatable bonds is 2. The van der Waals surface area contributed by atoms with Crippen molar-refractivity contribution in [1.82, 2.24) is 0 Å². The Labute approximate surface area is 206 Å². The van der Waals surface area contributed by atoms with Gasteiger partial charge in [-0.15, -0.1) is 0 Å². The molecule has 5 aromatic carbocycles. The lowest BCUT2D eigenvalue weighted by atomic mass is 10.1. The molecule has 172 valence electrons. The highest BCUT2D eigenvalue weighted by Crippen LogP contribution is 2.48. The molecule has 0 bridgehead atoms. The molecule has 0 fully saturated rings. The van der Waals surface area contributed by atoms with E-state index < -0.39 is 0 Å². The summed E-state index contributed by atoms with van der Waals surface area (Å²) in [7, 11) is 4.39. The lowest BCUT2D eigenvalue weighted by molar-refractivity contribution is 0.940. The molecule has 0 aliphatic carbocycles. The monoisotopic (exact) mass is 456 g/mol. The molecular weight excluding hydrogens is 428 g/mol. The van der Waals surface area contributed by atoms with Crippen LogP contribution in [0.3, 0.4) is 0 Å². The molecular formula is C31H28N4. The van der Waals surface area contributed by atoms with E-state index in [0.717, 1.165) is 13.3 Å². The van der Waals surface area contributed by atoms with Crippen LogP contribution in [0, 0.1) is 6.92 Å². The number of benzene rings is 5. The van der Waals surface area contributed by atoms with E-state index in [2.05, 4.69) is 132 Å². The van der Waals surface area contributed by atoms with Gasteiger partial charge in [0.15, 0.2) is 0 Å². The van der Waals surface area contributed by atoms with Gasteiger partial charge in [0.2, 0.25) is 0 Å². The maximum Gasteiger partial charge on any atom is 0.0950 e. The van der Waals surface area contributed by atoms with Gasteiger partial charge in [-0.3, -0.25) is 0 Å². The zero-order valence-corrected chi connectivity index (χ0v) is 20.4. The molecule has 2 aliphatic heterocycles. The van der Waals surface area contributed by atoms with Gasteiger partial charge in [0.25, 0.3) is 0 Å². The molecule has 0 atom stereocenters. The van der Waals surface area contributed by atoms with Crippen LogP contribution in [0.4, 0.5) is 34.1 Å². The average molecular weight is 457 g/mol. The topological polar surface area (TPSA) is 13.0 Å². The molecule has 0 saturated heterocycles. The SMILES string of the molecule is Cc1cc(N2CN(C)c3c2ccc2ccccc32)cc(N2CN(C)c3c2ccc2ccccc32)c1. The van der Waals surface area contributed by atoms with Crippen molar-refractivity contribution in [3.63, 3.8) is 0 Å². The highest BCUT2D eigenvalue weighted by molar-refractivity contribution is 6.05. The van der Waals surface area contributed by atoms with Crippen molar-refractivity contribution in [1.29, 1.82) is 0 Å². The molecule has 2 heterocycles. The summed E-state index contributed by atoms with van der Waals surface area (Å²) < 4.78 is 0. The summed E-state index contributed by atoms with van der Waals surface area (Å²) in [5, 5.41) is 5.19. The first-order chi connectivity index (χ1) is 17.1. The third-order valence-corrected chi connectivity index (χ3v) is 7.48. The van der Waals surface area contributed by atoms with E-state index in [9.17, 15) is 0 Å². The zero-order chi connectivity index (χ0) is 23.7. The van der Waals surface area contributed by atoms with Crippen LogP contribution < -0.4 is 19.6 Å². The van der Waals surface area contributed by atoms with Crippen molar-refractivity contribution < 1.29 is 0 Å². The number of anilines is 6. The van der Waals surface area contributed by atoms with Gasteiger partial charge in [0.1, 0.15) is 0 Å². The van der Waals surface area contributed by atoms with Crippen molar-refractivity contribution in [3.05, 3.63) is 96.6 Å². The van der Waals surface area contributed by atoms with Gasteiger partial charge < -0.3 is 19.6 Å². The zero-order valence-electron chi connectivity index (χ0n) is 20.4. The van der Waals surface area contributed by atoms with Crippen LogP contribution in [0.1, 0.15) is 5.56 Å². The van der Waals surface area contributed by atoms with Crippen molar-refractivity contribution in [2.75, 3.05) is 47.0 Å². The fourth-order valence-electron chi connectivity index (χ4n) is 5.94. The normalized spacial score (nSPS) is 14.8. The number of fused-ring (bicyclic) bond motifs is 6. The maximum atomic E-state index is 2.44. The Bertz CT molecular complexity index is 1500. The van der Waals surface area contributed by atoms with Crippen molar-refractivity contribution >= 4 is 55.7 Å². The smallest absolute Gasteiger partial charge is 0.0950 e. The van der Waals surface area contributed by atoms with Gasteiger partial charge in [-0.2, -0.15) is 0 Å². The highest BCUT2D eigenvalue weighted by atomic mass is 15.4. The Balaban J connectivity index is 1.34. The molecule has 0 aromatic heterocycles. The first kappa shape index (κ1) is 20.2. The number of nitrogens with zero attached hydrogens (tertiary/aromatic N) is 4. The van der Waals surface area contributed by atoms with E-state index in [0.29, 0.717) is 0 Å². The Morgan fingerprint density at radius 1 is 0.543 bits per heavy atom. The van der Waals surface area contributed by atoms with Crippen LogP contribution in [-0.2, 0) is 0 Å². The number of hydrogen-bond acceptors (Lipinski definition) is 4. The molecule has 5 aromatic rings. The van der Waals surface area contributed by atoms with Crippen molar-refractivity contribution in [3.8, 4) is 0 Å². The summed E-state index contributed by atoms with van der Waals surface area (Å²) in [5.41, 5.74) is 8.90. The predicted octanol–water partition coefficient (Wildman–Crippen LogP) is 7.39. The van der Waals surface area contributed by atoms with Crippen molar-refractivity contribution in [2.45, 2.75) is 6.92 Å². The second-order valence-electron chi connectivity index (χ2n) is 9.87. The molecule has 0 spiro atoms. The van der Waals surface area contributed by atoms with E-state index in [-0.39, 0.29) is 0 Å². The quantitative estimate of drug-likeness (QED) is 0.274. The van der Waals surface area contributed by atoms with Crippen LogP contribution in [0.25, 0.3) is 21.5 Å². The number of hydrogen-bond donors (Lipinski definition) is 0. The van der Waals surface area contributed by atoms with Gasteiger partial charge >= 0.3 is 0 Å². The van der Waals surface area contributed by atoms with Gasteiger partial charge in [-0.05, 0) is 53.6 Å². The molecule has 4 heteroatoms. The van der Waals surface area contributed by atoms with E-state index in [1.807, 2.05) is 0 Å². The lowest BCUT2D eigenvalue weighted by Crippen LogP contribution is -2.26. The molecule has 35 heavy (non-hydrogen) atoms. The van der Waals surface area contributed by atoms with E-state index in [1.165, 1.54) is 61.2 Å². The van der Waals surface area contributed by atoms with Crippen LogP contribution in [0.5, 0.6) is 0 Å². The molecule has 0 amide bonds. The Kier molecular flexibility index (Phi) is 4.28. The molecule has 0 radical (unpaired) electrons. The standard InChI is InChI=1S/C31H28N4/c1-21-16-24(34-19-32(2)30-26-10-6-4-8-22(26)12-14-28(30)34)18-25(17-21)35-20-33(3)31-27-11-7-5-9-23(27)13-15-29(31)35/h4-18H,19-20H2,1-3H3. The summed E-state index contributed by atoms with van der Waals surface area (Å²) in [6, 6.07) is 33.4. The summed E-state index contributed by atoms with van der Waals surface area (Å²) in [5.74, 6) is 0. The first-order valence-corrected chi connectivity index (χ1v) is 12.2. The molecule has 7 rings (SSSR count). The first-order valence-electron chi connectivity index (χ1n) is 12.2. The molecule has 4 nitrogen and oxygen atoms in total. The van der Waals surface area contributed by atoms with Gasteiger partial charge in [0.05, 0.1) is 36.1 Å². The molecule has 0 unspecified atom stereocenters. The van der Waals surface area contributed by atoms with E-state index in [1.54, 1.807) is 0 Å². The van der Waals surface area contributed by atoms with Gasteiger partial charge in [-0.1, -0.05) is 60.7 Å². The van der Waals surface area contributed by atoms with Gasteiger partial charge in [0, 0.05) is 36.2 Å². The largest absolute Gasteiger partial charge is 0.354 e. The van der Waals surface area contributed by atoms with Gasteiger partial charge in [-0.25, -0.2) is 0 Å². The molecule has 0 N–H and O–H groups in total. The third kappa shape index (κ3) is 2.99. The fraction of sp³-hybridized carbons (Fsp3) is 0.161. The van der Waals surface area contributed by atoms with E-state index in [4.69, 9.17) is 0 Å².